The van der Waals surface area contributed by atoms with Gasteiger partial charge in [-0.1, -0.05) is 6.07 Å². The van der Waals surface area contributed by atoms with Crippen LogP contribution in [0.1, 0.15) is 23.2 Å². The van der Waals surface area contributed by atoms with E-state index in [1.165, 1.54) is 0 Å². The number of ether oxygens (including phenoxy) is 1. The van der Waals surface area contributed by atoms with E-state index < -0.39 is 0 Å². The van der Waals surface area contributed by atoms with Crippen molar-refractivity contribution < 1.29 is 9.53 Å². The highest BCUT2D eigenvalue weighted by atomic mass is 35.5. The Kier molecular flexibility index (Phi) is 6.12. The monoisotopic (exact) mass is 284 g/mol. The van der Waals surface area contributed by atoms with Crippen molar-refractivity contribution in [3.8, 4) is 5.75 Å². The smallest absolute Gasteiger partial charge is 0.254 e. The first-order valence-corrected chi connectivity index (χ1v) is 6.34. The number of amides is 1. The lowest BCUT2D eigenvalue weighted by Crippen LogP contribution is -2.46. The predicted molar refractivity (Wildman–Crippen MR) is 78.2 cm³/mol. The van der Waals surface area contributed by atoms with Gasteiger partial charge in [0.05, 0.1) is 7.11 Å². The van der Waals surface area contributed by atoms with Crippen LogP contribution in [0.2, 0.25) is 0 Å². The fourth-order valence-electron chi connectivity index (χ4n) is 2.29. The number of likely N-dealkylation sites (N-methyl/N-ethyl adjacent to an activating group) is 1. The molecule has 106 valence electrons. The van der Waals surface area contributed by atoms with Crippen molar-refractivity contribution in [1.82, 2.24) is 10.2 Å². The Bertz CT molecular complexity index is 420. The topological polar surface area (TPSA) is 41.6 Å². The number of carbonyl (C=O) groups is 1. The van der Waals surface area contributed by atoms with E-state index in [9.17, 15) is 4.79 Å². The lowest BCUT2D eigenvalue weighted by atomic mass is 10.1. The number of rotatable bonds is 3. The molecule has 1 N–H and O–H groups in total. The van der Waals surface area contributed by atoms with Crippen molar-refractivity contribution in [2.24, 2.45) is 0 Å². The summed E-state index contributed by atoms with van der Waals surface area (Å²) in [5, 5.41) is 3.33. The minimum atomic E-state index is 0. The molecule has 0 radical (unpaired) electrons. The summed E-state index contributed by atoms with van der Waals surface area (Å²) in [5.41, 5.74) is 0.683. The summed E-state index contributed by atoms with van der Waals surface area (Å²) < 4.78 is 5.15. The molecular formula is C14H21ClN2O2. The average Bonchev–Trinajstić information content (AvgIpc) is 2.46. The van der Waals surface area contributed by atoms with E-state index in [1.807, 2.05) is 30.1 Å². The molecule has 19 heavy (non-hydrogen) atoms. The quantitative estimate of drug-likeness (QED) is 0.922. The van der Waals surface area contributed by atoms with Crippen LogP contribution in [0.4, 0.5) is 0 Å². The standard InChI is InChI=1S/C14H20N2O2.ClH/c1-16(12-6-4-8-15-10-12)14(17)11-5-3-7-13(9-11)18-2;/h3,5,7,9,12,15H,4,6,8,10H2,1-2H3;1H/t12-;/m0./s1. The summed E-state index contributed by atoms with van der Waals surface area (Å²) in [7, 11) is 3.48. The van der Waals surface area contributed by atoms with Crippen LogP contribution >= 0.6 is 12.4 Å². The molecule has 0 spiro atoms. The third-order valence-electron chi connectivity index (χ3n) is 3.46. The first-order chi connectivity index (χ1) is 8.72. The summed E-state index contributed by atoms with van der Waals surface area (Å²) >= 11 is 0. The van der Waals surface area contributed by atoms with Crippen LogP contribution in [-0.2, 0) is 0 Å². The van der Waals surface area contributed by atoms with Crippen molar-refractivity contribution in [1.29, 1.82) is 0 Å². The summed E-state index contributed by atoms with van der Waals surface area (Å²) in [6.07, 6.45) is 2.19. The van der Waals surface area contributed by atoms with Gasteiger partial charge in [-0.2, -0.15) is 0 Å². The fourth-order valence-corrected chi connectivity index (χ4v) is 2.29. The van der Waals surface area contributed by atoms with Gasteiger partial charge in [-0.05, 0) is 37.6 Å². The Labute approximate surface area is 120 Å². The van der Waals surface area contributed by atoms with Gasteiger partial charge in [0, 0.05) is 25.2 Å². The maximum Gasteiger partial charge on any atom is 0.254 e. The molecule has 1 atom stereocenters. The molecule has 2 rings (SSSR count). The SMILES string of the molecule is COc1cccc(C(=O)N(C)[C@H]2CCCNC2)c1.Cl. The van der Waals surface area contributed by atoms with E-state index >= 15 is 0 Å². The minimum Gasteiger partial charge on any atom is -0.497 e. The number of benzene rings is 1. The van der Waals surface area contributed by atoms with Crippen molar-refractivity contribution in [2.45, 2.75) is 18.9 Å². The van der Waals surface area contributed by atoms with Gasteiger partial charge in [-0.15, -0.1) is 12.4 Å². The zero-order valence-corrected chi connectivity index (χ0v) is 12.2. The number of halogens is 1. The van der Waals surface area contributed by atoms with Gasteiger partial charge in [0.25, 0.3) is 5.91 Å². The van der Waals surface area contributed by atoms with Crippen LogP contribution < -0.4 is 10.1 Å². The number of hydrogen-bond acceptors (Lipinski definition) is 3. The fraction of sp³-hybridized carbons (Fsp3) is 0.500. The molecule has 0 bridgehead atoms. The highest BCUT2D eigenvalue weighted by Gasteiger charge is 2.22. The number of methoxy groups -OCH3 is 1. The third kappa shape index (κ3) is 3.85. The van der Waals surface area contributed by atoms with Crippen LogP contribution in [0.25, 0.3) is 0 Å². The minimum absolute atomic E-state index is 0. The normalized spacial score (nSPS) is 18.3. The lowest BCUT2D eigenvalue weighted by molar-refractivity contribution is 0.0708. The molecular weight excluding hydrogens is 264 g/mol. The maximum atomic E-state index is 12.4. The van der Waals surface area contributed by atoms with Gasteiger partial charge in [0.1, 0.15) is 5.75 Å². The number of piperidine rings is 1. The molecule has 1 saturated heterocycles. The van der Waals surface area contributed by atoms with Crippen LogP contribution in [0.5, 0.6) is 5.75 Å². The molecule has 0 aromatic heterocycles. The van der Waals surface area contributed by atoms with E-state index in [-0.39, 0.29) is 24.4 Å². The van der Waals surface area contributed by atoms with Crippen LogP contribution in [0, 0.1) is 0 Å². The molecule has 1 fully saturated rings. The second-order valence-corrected chi connectivity index (χ2v) is 4.65. The molecule has 1 aliphatic rings. The van der Waals surface area contributed by atoms with Gasteiger partial charge in [0.2, 0.25) is 0 Å². The van der Waals surface area contributed by atoms with Crippen molar-refractivity contribution in [3.05, 3.63) is 29.8 Å². The van der Waals surface area contributed by atoms with Crippen molar-refractivity contribution in [3.63, 3.8) is 0 Å². The third-order valence-corrected chi connectivity index (χ3v) is 3.46. The molecule has 1 aliphatic heterocycles. The summed E-state index contributed by atoms with van der Waals surface area (Å²) in [6, 6.07) is 7.60. The van der Waals surface area contributed by atoms with E-state index in [4.69, 9.17) is 4.74 Å². The number of hydrogen-bond donors (Lipinski definition) is 1. The Morgan fingerprint density at radius 2 is 2.26 bits per heavy atom. The highest BCUT2D eigenvalue weighted by molar-refractivity contribution is 5.94. The van der Waals surface area contributed by atoms with Gasteiger partial charge in [-0.3, -0.25) is 4.79 Å². The van der Waals surface area contributed by atoms with Crippen LogP contribution in [0.3, 0.4) is 0 Å². The van der Waals surface area contributed by atoms with E-state index in [1.54, 1.807) is 13.2 Å². The Hall–Kier alpha value is -1.26. The molecule has 4 nitrogen and oxygen atoms in total. The number of carbonyl (C=O) groups excluding carboxylic acids is 1. The van der Waals surface area contributed by atoms with Gasteiger partial charge >= 0.3 is 0 Å². The molecule has 1 aromatic carbocycles. The zero-order chi connectivity index (χ0) is 13.0. The summed E-state index contributed by atoms with van der Waals surface area (Å²) in [6.45, 7) is 1.93. The molecule has 1 aromatic rings. The largest absolute Gasteiger partial charge is 0.497 e. The van der Waals surface area contributed by atoms with Crippen molar-refractivity contribution >= 4 is 18.3 Å². The highest BCUT2D eigenvalue weighted by Crippen LogP contribution is 2.16. The van der Waals surface area contributed by atoms with Gasteiger partial charge in [-0.25, -0.2) is 0 Å². The molecule has 0 aliphatic carbocycles. The second kappa shape index (κ2) is 7.36. The maximum absolute atomic E-state index is 12.4. The van der Waals surface area contributed by atoms with E-state index in [2.05, 4.69) is 5.32 Å². The average molecular weight is 285 g/mol. The summed E-state index contributed by atoms with van der Waals surface area (Å²) in [4.78, 5) is 14.2. The molecule has 0 saturated carbocycles. The van der Waals surface area contributed by atoms with E-state index in [0.717, 1.165) is 31.7 Å². The first kappa shape index (κ1) is 15.8. The van der Waals surface area contributed by atoms with Crippen molar-refractivity contribution in [2.75, 3.05) is 27.2 Å². The second-order valence-electron chi connectivity index (χ2n) is 4.65. The van der Waals surface area contributed by atoms with Crippen LogP contribution in [0.15, 0.2) is 24.3 Å². The van der Waals surface area contributed by atoms with E-state index in [0.29, 0.717) is 5.56 Å². The Morgan fingerprint density at radius 3 is 2.89 bits per heavy atom. The van der Waals surface area contributed by atoms with Gasteiger partial charge < -0.3 is 15.0 Å². The zero-order valence-electron chi connectivity index (χ0n) is 11.4. The lowest BCUT2D eigenvalue weighted by Gasteiger charge is -2.31. The Morgan fingerprint density at radius 1 is 1.47 bits per heavy atom. The van der Waals surface area contributed by atoms with Gasteiger partial charge in [0.15, 0.2) is 0 Å². The van der Waals surface area contributed by atoms with Crippen LogP contribution in [-0.4, -0.2) is 44.1 Å². The Balaban J connectivity index is 0.00000180. The predicted octanol–water partition coefficient (Wildman–Crippen LogP) is 1.94. The number of nitrogens with one attached hydrogen (secondary N) is 1. The summed E-state index contributed by atoms with van der Waals surface area (Å²) in [5.74, 6) is 0.776. The first-order valence-electron chi connectivity index (χ1n) is 6.34. The molecule has 1 heterocycles. The molecule has 1 amide bonds. The molecule has 5 heteroatoms. The molecule has 0 unspecified atom stereocenters. The number of nitrogens with zero attached hydrogens (tertiary/aromatic N) is 1.